The number of nitrogens with two attached hydrogens (primary N) is 2. The van der Waals surface area contributed by atoms with Gasteiger partial charge in [-0.25, -0.2) is 4.79 Å². The maximum atomic E-state index is 10.1. The van der Waals surface area contributed by atoms with Crippen molar-refractivity contribution in [3.63, 3.8) is 0 Å². The summed E-state index contributed by atoms with van der Waals surface area (Å²) in [5.74, 6) is 0. The average molecular weight is 161 g/mol. The zero-order valence-electron chi connectivity index (χ0n) is 6.75. The smallest absolute Gasteiger partial charge is 0.404 e. The van der Waals surface area contributed by atoms with E-state index in [1.165, 1.54) is 0 Å². The first-order valence-corrected chi connectivity index (χ1v) is 3.47. The average Bonchev–Trinajstić information content (AvgIpc) is 1.87. The van der Waals surface area contributed by atoms with Crippen LogP contribution in [0.1, 0.15) is 0 Å². The highest BCUT2D eigenvalue weighted by molar-refractivity contribution is 5.64. The van der Waals surface area contributed by atoms with Crippen LogP contribution in [0.25, 0.3) is 0 Å². The lowest BCUT2D eigenvalue weighted by Gasteiger charge is -2.13. The van der Waals surface area contributed by atoms with E-state index >= 15 is 0 Å². The Kier molecular flexibility index (Phi) is 5.50. The van der Waals surface area contributed by atoms with E-state index in [0.717, 1.165) is 6.54 Å². The fourth-order valence-electron chi connectivity index (χ4n) is 0.634. The molecule has 0 saturated heterocycles. The van der Waals surface area contributed by atoms with E-state index in [1.54, 1.807) is 0 Å². The van der Waals surface area contributed by atoms with Crippen molar-refractivity contribution in [2.45, 2.75) is 0 Å². The number of amides is 1. The van der Waals surface area contributed by atoms with Gasteiger partial charge in [-0.3, -0.25) is 0 Å². The van der Waals surface area contributed by atoms with Crippen molar-refractivity contribution < 1.29 is 9.53 Å². The number of hydrogen-bond acceptors (Lipinski definition) is 4. The molecule has 0 unspecified atom stereocenters. The summed E-state index contributed by atoms with van der Waals surface area (Å²) >= 11 is 0. The third-order valence-corrected chi connectivity index (χ3v) is 1.23. The number of nitrogens with zero attached hydrogens (tertiary/aromatic N) is 1. The molecule has 0 spiro atoms. The normalized spacial score (nSPS) is 10.1. The molecule has 0 aliphatic rings. The molecule has 0 aromatic heterocycles. The van der Waals surface area contributed by atoms with E-state index in [9.17, 15) is 4.79 Å². The van der Waals surface area contributed by atoms with Gasteiger partial charge in [0.15, 0.2) is 0 Å². The Morgan fingerprint density at radius 2 is 2.18 bits per heavy atom. The molecule has 0 rings (SSSR count). The molecule has 5 nitrogen and oxygen atoms in total. The van der Waals surface area contributed by atoms with Crippen LogP contribution >= 0.6 is 0 Å². The molecular formula is C6H15N3O2. The molecule has 0 aliphatic carbocycles. The highest BCUT2D eigenvalue weighted by atomic mass is 16.5. The van der Waals surface area contributed by atoms with Crippen LogP contribution in [0.2, 0.25) is 0 Å². The molecule has 0 aromatic rings. The van der Waals surface area contributed by atoms with Crippen LogP contribution < -0.4 is 11.5 Å². The Morgan fingerprint density at radius 1 is 1.55 bits per heavy atom. The molecular weight excluding hydrogens is 146 g/mol. The van der Waals surface area contributed by atoms with Crippen LogP contribution in [-0.4, -0.2) is 44.3 Å². The molecule has 11 heavy (non-hydrogen) atoms. The summed E-state index contributed by atoms with van der Waals surface area (Å²) < 4.78 is 4.52. The van der Waals surface area contributed by atoms with Gasteiger partial charge in [0.1, 0.15) is 6.61 Å². The fourth-order valence-corrected chi connectivity index (χ4v) is 0.634. The zero-order chi connectivity index (χ0) is 8.69. The Bertz CT molecular complexity index is 118. The number of carbonyl (C=O) groups is 1. The van der Waals surface area contributed by atoms with Gasteiger partial charge in [-0.05, 0) is 7.05 Å². The first-order chi connectivity index (χ1) is 5.16. The van der Waals surface area contributed by atoms with Crippen molar-refractivity contribution in [2.24, 2.45) is 11.5 Å². The van der Waals surface area contributed by atoms with Gasteiger partial charge in [0.2, 0.25) is 0 Å². The minimum atomic E-state index is -0.730. The van der Waals surface area contributed by atoms with E-state index in [4.69, 9.17) is 11.5 Å². The van der Waals surface area contributed by atoms with Crippen molar-refractivity contribution in [1.82, 2.24) is 4.90 Å². The van der Waals surface area contributed by atoms with Gasteiger partial charge in [-0.15, -0.1) is 0 Å². The van der Waals surface area contributed by atoms with E-state index in [2.05, 4.69) is 4.74 Å². The van der Waals surface area contributed by atoms with Gasteiger partial charge < -0.3 is 21.1 Å². The number of primary amides is 1. The highest BCUT2D eigenvalue weighted by Gasteiger charge is 1.97. The second-order valence-corrected chi connectivity index (χ2v) is 2.26. The molecule has 0 atom stereocenters. The summed E-state index contributed by atoms with van der Waals surface area (Å²) in [6.07, 6.45) is -0.730. The second-order valence-electron chi connectivity index (χ2n) is 2.26. The molecule has 66 valence electrons. The molecule has 0 aliphatic heterocycles. The monoisotopic (exact) mass is 161 g/mol. The fraction of sp³-hybridized carbons (Fsp3) is 0.833. The summed E-state index contributed by atoms with van der Waals surface area (Å²) in [7, 11) is 1.90. The molecule has 1 amide bonds. The second kappa shape index (κ2) is 5.94. The van der Waals surface area contributed by atoms with Gasteiger partial charge >= 0.3 is 6.09 Å². The molecule has 0 bridgehead atoms. The molecule has 4 N–H and O–H groups in total. The summed E-state index contributed by atoms with van der Waals surface area (Å²) in [5, 5.41) is 0. The molecule has 5 heteroatoms. The highest BCUT2D eigenvalue weighted by Crippen LogP contribution is 1.81. The van der Waals surface area contributed by atoms with Crippen molar-refractivity contribution >= 4 is 6.09 Å². The Hall–Kier alpha value is -0.810. The molecule has 0 fully saturated rings. The summed E-state index contributed by atoms with van der Waals surface area (Å²) in [6.45, 7) is 2.39. The lowest BCUT2D eigenvalue weighted by molar-refractivity contribution is 0.142. The van der Waals surface area contributed by atoms with Crippen molar-refractivity contribution in [1.29, 1.82) is 0 Å². The molecule has 0 heterocycles. The van der Waals surface area contributed by atoms with Crippen molar-refractivity contribution in [3.05, 3.63) is 0 Å². The minimum absolute atomic E-state index is 0.325. The van der Waals surface area contributed by atoms with E-state index < -0.39 is 6.09 Å². The Balaban J connectivity index is 3.16. The maximum absolute atomic E-state index is 10.1. The molecule has 0 saturated carbocycles. The Labute approximate surface area is 66.3 Å². The van der Waals surface area contributed by atoms with Crippen LogP contribution in [0.4, 0.5) is 4.79 Å². The van der Waals surface area contributed by atoms with Crippen LogP contribution in [-0.2, 0) is 4.74 Å². The number of ether oxygens (including phenoxy) is 1. The van der Waals surface area contributed by atoms with E-state index in [1.807, 2.05) is 11.9 Å². The molecule has 0 radical (unpaired) electrons. The third-order valence-electron chi connectivity index (χ3n) is 1.23. The first-order valence-electron chi connectivity index (χ1n) is 3.47. The first kappa shape index (κ1) is 10.2. The zero-order valence-corrected chi connectivity index (χ0v) is 6.75. The van der Waals surface area contributed by atoms with Gasteiger partial charge in [-0.1, -0.05) is 0 Å². The lowest BCUT2D eigenvalue weighted by Crippen LogP contribution is -2.30. The van der Waals surface area contributed by atoms with Gasteiger partial charge in [0.05, 0.1) is 0 Å². The predicted octanol–water partition coefficient (Wildman–Crippen LogP) is -1.03. The number of rotatable bonds is 5. The summed E-state index contributed by atoms with van der Waals surface area (Å²) in [6, 6.07) is 0. The van der Waals surface area contributed by atoms with Gasteiger partial charge in [0.25, 0.3) is 0 Å². The minimum Gasteiger partial charge on any atom is -0.448 e. The van der Waals surface area contributed by atoms with Crippen molar-refractivity contribution in [2.75, 3.05) is 33.3 Å². The van der Waals surface area contributed by atoms with Crippen LogP contribution in [0, 0.1) is 0 Å². The predicted molar refractivity (Wildman–Crippen MR) is 42.1 cm³/mol. The van der Waals surface area contributed by atoms with Gasteiger partial charge in [-0.2, -0.15) is 0 Å². The van der Waals surface area contributed by atoms with Crippen LogP contribution in [0.15, 0.2) is 0 Å². The quantitative estimate of drug-likeness (QED) is 0.540. The standard InChI is InChI=1S/C6H15N3O2/c1-9(3-2-7)4-5-11-6(8)10/h2-5,7H2,1H3,(H2,8,10). The van der Waals surface area contributed by atoms with Crippen LogP contribution in [0.3, 0.4) is 0 Å². The largest absolute Gasteiger partial charge is 0.448 e. The summed E-state index contributed by atoms with van der Waals surface area (Å²) in [4.78, 5) is 12.1. The van der Waals surface area contributed by atoms with E-state index in [-0.39, 0.29) is 0 Å². The maximum Gasteiger partial charge on any atom is 0.404 e. The molecule has 0 aromatic carbocycles. The number of likely N-dealkylation sites (N-methyl/N-ethyl adjacent to an activating group) is 1. The lowest BCUT2D eigenvalue weighted by atomic mass is 10.5. The number of carbonyl (C=O) groups excluding carboxylic acids is 1. The van der Waals surface area contributed by atoms with Gasteiger partial charge in [0, 0.05) is 19.6 Å². The van der Waals surface area contributed by atoms with E-state index in [0.29, 0.717) is 19.7 Å². The number of hydrogen-bond donors (Lipinski definition) is 2. The van der Waals surface area contributed by atoms with Crippen LogP contribution in [0.5, 0.6) is 0 Å². The Morgan fingerprint density at radius 3 is 2.64 bits per heavy atom. The summed E-state index contributed by atoms with van der Waals surface area (Å²) in [5.41, 5.74) is 10.0. The topological polar surface area (TPSA) is 81.6 Å². The van der Waals surface area contributed by atoms with Crippen molar-refractivity contribution in [3.8, 4) is 0 Å². The SMILES string of the molecule is CN(CCN)CCOC(N)=O. The third kappa shape index (κ3) is 7.08.